The summed E-state index contributed by atoms with van der Waals surface area (Å²) in [6.07, 6.45) is 13.6. The van der Waals surface area contributed by atoms with Crippen molar-refractivity contribution in [3.63, 3.8) is 0 Å². The van der Waals surface area contributed by atoms with E-state index >= 15 is 0 Å². The normalized spacial score (nSPS) is 32.5. The molecule has 1 saturated carbocycles. The molecule has 84 valence electrons. The molecule has 0 heterocycles. The summed E-state index contributed by atoms with van der Waals surface area (Å²) >= 11 is 0. The average molecular weight is 206 g/mol. The Morgan fingerprint density at radius 1 is 1.20 bits per heavy atom. The number of unbranched alkanes of at least 4 members (excludes halogenated alkanes) is 2. The first-order chi connectivity index (χ1) is 7.25. The minimum Gasteiger partial charge on any atom is -0.300 e. The van der Waals surface area contributed by atoms with Crippen LogP contribution in [0.5, 0.6) is 0 Å². The van der Waals surface area contributed by atoms with E-state index in [0.29, 0.717) is 5.78 Å². The molecular formula is C14H22O. The summed E-state index contributed by atoms with van der Waals surface area (Å²) < 4.78 is 0. The predicted molar refractivity (Wildman–Crippen MR) is 62.6 cm³/mol. The topological polar surface area (TPSA) is 17.1 Å². The molecule has 3 atom stereocenters. The van der Waals surface area contributed by atoms with Gasteiger partial charge in [0.2, 0.25) is 0 Å². The van der Waals surface area contributed by atoms with Crippen molar-refractivity contribution in [3.05, 3.63) is 12.2 Å². The summed E-state index contributed by atoms with van der Waals surface area (Å²) in [6.45, 7) is 1.70. The number of hydrogen-bond donors (Lipinski definition) is 0. The van der Waals surface area contributed by atoms with E-state index in [1.807, 2.05) is 0 Å². The van der Waals surface area contributed by atoms with Gasteiger partial charge >= 0.3 is 0 Å². The van der Waals surface area contributed by atoms with Gasteiger partial charge < -0.3 is 4.79 Å². The fourth-order valence-electron chi connectivity index (χ4n) is 3.18. The second-order valence-electron chi connectivity index (χ2n) is 5.34. The van der Waals surface area contributed by atoms with Crippen molar-refractivity contribution in [1.82, 2.24) is 0 Å². The van der Waals surface area contributed by atoms with Crippen LogP contribution >= 0.6 is 0 Å². The maximum Gasteiger partial charge on any atom is 0.129 e. The van der Waals surface area contributed by atoms with Gasteiger partial charge in [-0.2, -0.15) is 0 Å². The van der Waals surface area contributed by atoms with Crippen LogP contribution in [0.2, 0.25) is 0 Å². The lowest BCUT2D eigenvalue weighted by Gasteiger charge is -2.17. The Hall–Kier alpha value is -0.590. The third-order valence-corrected chi connectivity index (χ3v) is 4.02. The first-order valence-electron chi connectivity index (χ1n) is 6.43. The summed E-state index contributed by atoms with van der Waals surface area (Å²) in [5.74, 6) is 3.13. The third kappa shape index (κ3) is 2.93. The van der Waals surface area contributed by atoms with Gasteiger partial charge in [-0.05, 0) is 50.4 Å². The smallest absolute Gasteiger partial charge is 0.129 e. The first kappa shape index (κ1) is 10.9. The maximum absolute atomic E-state index is 10.8. The Balaban J connectivity index is 1.55. The van der Waals surface area contributed by atoms with Crippen molar-refractivity contribution in [1.29, 1.82) is 0 Å². The van der Waals surface area contributed by atoms with Gasteiger partial charge in [-0.1, -0.05) is 25.0 Å². The highest BCUT2D eigenvalue weighted by atomic mass is 16.1. The van der Waals surface area contributed by atoms with Crippen molar-refractivity contribution >= 4 is 5.78 Å². The summed E-state index contributed by atoms with van der Waals surface area (Å²) in [5.41, 5.74) is 0. The molecule has 1 fully saturated rings. The SMILES string of the molecule is CC(=O)CCCCCC1CC2C=CC1C2. The number of rotatable bonds is 6. The molecule has 0 amide bonds. The van der Waals surface area contributed by atoms with Crippen LogP contribution in [0.3, 0.4) is 0 Å². The number of ketones is 1. The number of carbonyl (C=O) groups is 1. The Morgan fingerprint density at radius 3 is 2.67 bits per heavy atom. The van der Waals surface area contributed by atoms with Crippen LogP contribution in [-0.4, -0.2) is 5.78 Å². The summed E-state index contributed by atoms with van der Waals surface area (Å²) in [7, 11) is 0. The average Bonchev–Trinajstić information content (AvgIpc) is 2.78. The molecule has 2 aliphatic rings. The predicted octanol–water partition coefficient (Wildman–Crippen LogP) is 3.74. The molecule has 0 aromatic heterocycles. The minimum atomic E-state index is 0.345. The van der Waals surface area contributed by atoms with Gasteiger partial charge in [-0.3, -0.25) is 0 Å². The minimum absolute atomic E-state index is 0.345. The van der Waals surface area contributed by atoms with Crippen molar-refractivity contribution in [3.8, 4) is 0 Å². The van der Waals surface area contributed by atoms with E-state index < -0.39 is 0 Å². The fraction of sp³-hybridized carbons (Fsp3) is 0.786. The highest BCUT2D eigenvalue weighted by Gasteiger charge is 2.34. The molecule has 1 nitrogen and oxygen atoms in total. The Morgan fingerprint density at radius 2 is 2.07 bits per heavy atom. The van der Waals surface area contributed by atoms with E-state index in [0.717, 1.165) is 30.6 Å². The van der Waals surface area contributed by atoms with E-state index in [1.165, 1.54) is 32.1 Å². The number of allylic oxidation sites excluding steroid dienone is 2. The highest BCUT2D eigenvalue weighted by Crippen LogP contribution is 2.45. The summed E-state index contributed by atoms with van der Waals surface area (Å²) in [4.78, 5) is 10.8. The molecule has 0 saturated heterocycles. The highest BCUT2D eigenvalue weighted by molar-refractivity contribution is 5.75. The van der Waals surface area contributed by atoms with Crippen molar-refractivity contribution < 1.29 is 4.79 Å². The lowest BCUT2D eigenvalue weighted by molar-refractivity contribution is -0.117. The van der Waals surface area contributed by atoms with Crippen LogP contribution < -0.4 is 0 Å². The molecule has 2 aliphatic carbocycles. The number of fused-ring (bicyclic) bond motifs is 2. The van der Waals surface area contributed by atoms with Crippen LogP contribution in [0.15, 0.2) is 12.2 Å². The molecule has 0 N–H and O–H groups in total. The lowest BCUT2D eigenvalue weighted by atomic mass is 9.88. The van der Waals surface area contributed by atoms with Gasteiger partial charge in [0.15, 0.2) is 0 Å². The molecule has 0 aliphatic heterocycles. The van der Waals surface area contributed by atoms with E-state index in [9.17, 15) is 4.79 Å². The molecule has 0 spiro atoms. The van der Waals surface area contributed by atoms with Crippen LogP contribution in [0, 0.1) is 17.8 Å². The van der Waals surface area contributed by atoms with Crippen molar-refractivity contribution in [2.75, 3.05) is 0 Å². The van der Waals surface area contributed by atoms with E-state index in [2.05, 4.69) is 12.2 Å². The molecular weight excluding hydrogens is 184 g/mol. The van der Waals surface area contributed by atoms with Crippen LogP contribution in [-0.2, 0) is 4.79 Å². The molecule has 0 aromatic carbocycles. The van der Waals surface area contributed by atoms with Gasteiger partial charge in [-0.25, -0.2) is 0 Å². The van der Waals surface area contributed by atoms with Gasteiger partial charge in [-0.15, -0.1) is 0 Å². The number of hydrogen-bond acceptors (Lipinski definition) is 1. The molecule has 3 unspecified atom stereocenters. The third-order valence-electron chi connectivity index (χ3n) is 4.02. The zero-order valence-electron chi connectivity index (χ0n) is 9.74. The zero-order valence-corrected chi connectivity index (χ0v) is 9.74. The van der Waals surface area contributed by atoms with Gasteiger partial charge in [0.25, 0.3) is 0 Å². The first-order valence-corrected chi connectivity index (χ1v) is 6.43. The van der Waals surface area contributed by atoms with Gasteiger partial charge in [0, 0.05) is 6.42 Å². The number of Topliss-reactive ketones (excluding diaryl/α,β-unsaturated/α-hetero) is 1. The van der Waals surface area contributed by atoms with Crippen molar-refractivity contribution in [2.45, 2.75) is 51.9 Å². The monoisotopic (exact) mass is 206 g/mol. The van der Waals surface area contributed by atoms with Crippen molar-refractivity contribution in [2.24, 2.45) is 17.8 Å². The molecule has 0 radical (unpaired) electrons. The molecule has 1 heteroatoms. The second kappa shape index (κ2) is 4.96. The Kier molecular flexibility index (Phi) is 3.61. The van der Waals surface area contributed by atoms with E-state index in [4.69, 9.17) is 0 Å². The van der Waals surface area contributed by atoms with Gasteiger partial charge in [0.05, 0.1) is 0 Å². The lowest BCUT2D eigenvalue weighted by Crippen LogP contribution is -2.06. The number of carbonyl (C=O) groups excluding carboxylic acids is 1. The molecule has 15 heavy (non-hydrogen) atoms. The Labute approximate surface area is 92.9 Å². The maximum atomic E-state index is 10.8. The fourth-order valence-corrected chi connectivity index (χ4v) is 3.18. The largest absolute Gasteiger partial charge is 0.300 e. The molecule has 0 aromatic rings. The quantitative estimate of drug-likeness (QED) is 0.478. The zero-order chi connectivity index (χ0) is 10.7. The summed E-state index contributed by atoms with van der Waals surface area (Å²) in [6, 6.07) is 0. The standard InChI is InChI=1S/C14H22O/c1-11(15)5-3-2-4-6-13-9-12-7-8-14(13)10-12/h7-8,12-14H,2-6,9-10H2,1H3. The summed E-state index contributed by atoms with van der Waals surface area (Å²) in [5, 5.41) is 0. The Bertz CT molecular complexity index is 254. The van der Waals surface area contributed by atoms with Crippen LogP contribution in [0.25, 0.3) is 0 Å². The van der Waals surface area contributed by atoms with Gasteiger partial charge in [0.1, 0.15) is 5.78 Å². The van der Waals surface area contributed by atoms with Crippen LogP contribution in [0.1, 0.15) is 51.9 Å². The van der Waals surface area contributed by atoms with Crippen LogP contribution in [0.4, 0.5) is 0 Å². The molecule has 2 rings (SSSR count). The molecule has 2 bridgehead atoms. The van der Waals surface area contributed by atoms with E-state index in [-0.39, 0.29) is 0 Å². The second-order valence-corrected chi connectivity index (χ2v) is 5.34. The van der Waals surface area contributed by atoms with E-state index in [1.54, 1.807) is 6.92 Å².